The third kappa shape index (κ3) is 9.28. The fourth-order valence-corrected chi connectivity index (χ4v) is 9.22. The van der Waals surface area contributed by atoms with Gasteiger partial charge in [0.05, 0.1) is 25.0 Å². The molecule has 1 unspecified atom stereocenters. The zero-order valence-corrected chi connectivity index (χ0v) is 32.6. The van der Waals surface area contributed by atoms with E-state index in [4.69, 9.17) is 4.74 Å². The predicted molar refractivity (Wildman–Crippen MR) is 212 cm³/mol. The molecule has 5 heterocycles. The van der Waals surface area contributed by atoms with Gasteiger partial charge in [-0.15, -0.1) is 0 Å². The van der Waals surface area contributed by atoms with Crippen molar-refractivity contribution in [2.24, 2.45) is 5.92 Å². The molecule has 4 N–H and O–H groups in total. The Hall–Kier alpha value is -5.09. The summed E-state index contributed by atoms with van der Waals surface area (Å²) in [6.45, 7) is 2.57. The maximum atomic E-state index is 15.3. The maximum Gasteiger partial charge on any atom is 0.254 e. The number of likely N-dealkylation sites (tertiary alicyclic amines) is 1. The first-order chi connectivity index (χ1) is 28.2. The number of anilines is 3. The number of nitrogens with one attached hydrogen (secondary N) is 4. The number of hydrogen-bond donors (Lipinski definition) is 4. The average Bonchev–Trinajstić information content (AvgIpc) is 3.23. The zero-order valence-electron chi connectivity index (χ0n) is 32.6. The van der Waals surface area contributed by atoms with Gasteiger partial charge in [-0.25, -0.2) is 23.7 Å². The van der Waals surface area contributed by atoms with Crippen LogP contribution in [0.2, 0.25) is 0 Å². The monoisotopic (exact) mass is 799 g/mol. The van der Waals surface area contributed by atoms with E-state index in [2.05, 4.69) is 41.1 Å². The summed E-state index contributed by atoms with van der Waals surface area (Å²) in [6.07, 6.45) is 10.4. The lowest BCUT2D eigenvalue weighted by molar-refractivity contribution is -0.133. The SMILES string of the molecule is O=C1CCC(Nc2ccc(C3CCN(C4CCC(NC(=O)C5CCC(Nc6ncc(F)c(-c7cccc(N8CCOCC8=O)n7)n6)CC5)CC4)CC3)c(F)c2)C(=O)N1. The van der Waals surface area contributed by atoms with E-state index in [0.29, 0.717) is 54.3 Å². The van der Waals surface area contributed by atoms with E-state index in [-0.39, 0.29) is 72.1 Å². The third-order valence-corrected chi connectivity index (χ3v) is 12.5. The summed E-state index contributed by atoms with van der Waals surface area (Å²) in [4.78, 5) is 66.4. The molecule has 14 nitrogen and oxygen atoms in total. The topological polar surface area (TPSA) is 171 Å². The van der Waals surface area contributed by atoms with Gasteiger partial charge in [0.15, 0.2) is 5.82 Å². The van der Waals surface area contributed by atoms with Gasteiger partial charge in [-0.3, -0.25) is 29.4 Å². The van der Waals surface area contributed by atoms with Crippen LogP contribution in [-0.4, -0.2) is 100 Å². The number of morpholine rings is 1. The van der Waals surface area contributed by atoms with Crippen molar-refractivity contribution in [1.29, 1.82) is 0 Å². The zero-order chi connectivity index (χ0) is 40.2. The molecule has 0 radical (unpaired) electrons. The Bertz CT molecular complexity index is 2000. The molecule has 5 fully saturated rings. The summed E-state index contributed by atoms with van der Waals surface area (Å²) >= 11 is 0. The van der Waals surface area contributed by atoms with E-state index in [1.807, 2.05) is 12.1 Å². The van der Waals surface area contributed by atoms with Crippen molar-refractivity contribution < 1.29 is 32.7 Å². The molecule has 2 saturated carbocycles. The number of benzene rings is 1. The standard InChI is InChI=1S/C42H51F2N9O5/c43-32-22-29(46-35-14-15-37(54)50-41(35)57)10-13-31(32)25-16-18-52(19-17-25)30-11-8-27(9-12-30)47-40(56)26-4-6-28(7-5-26)48-42-45-23-33(44)39(51-42)34-2-1-3-36(49-34)53-20-21-58-24-38(53)55/h1-3,10,13,22-23,25-28,30,35,46H,4-9,11-12,14-21,24H2,(H,47,56)(H,45,48,51)(H,50,54,57). The minimum Gasteiger partial charge on any atom is -0.374 e. The highest BCUT2D eigenvalue weighted by Crippen LogP contribution is 2.35. The van der Waals surface area contributed by atoms with Crippen molar-refractivity contribution in [2.75, 3.05) is 48.4 Å². The van der Waals surface area contributed by atoms with Gasteiger partial charge < -0.3 is 25.6 Å². The fraction of sp³-hybridized carbons (Fsp3) is 0.548. The largest absolute Gasteiger partial charge is 0.374 e. The van der Waals surface area contributed by atoms with Crippen LogP contribution in [0, 0.1) is 17.6 Å². The number of aromatic nitrogens is 3. The molecule has 3 aliphatic heterocycles. The van der Waals surface area contributed by atoms with Crippen LogP contribution in [0.5, 0.6) is 0 Å². The number of halogens is 2. The number of amides is 4. The molecule has 0 spiro atoms. The summed E-state index contributed by atoms with van der Waals surface area (Å²) in [7, 11) is 0. The number of pyridine rings is 1. The molecule has 1 aromatic carbocycles. The summed E-state index contributed by atoms with van der Waals surface area (Å²) in [5.41, 5.74) is 1.60. The predicted octanol–water partition coefficient (Wildman–Crippen LogP) is 4.67. The normalized spacial score (nSPS) is 26.2. The number of imide groups is 1. The van der Waals surface area contributed by atoms with E-state index in [1.54, 1.807) is 18.2 Å². The van der Waals surface area contributed by atoms with Crippen LogP contribution >= 0.6 is 0 Å². The number of carbonyl (C=O) groups is 4. The van der Waals surface area contributed by atoms with Crippen molar-refractivity contribution in [3.8, 4) is 11.4 Å². The molecule has 16 heteroatoms. The molecule has 0 bridgehead atoms. The molecule has 8 rings (SSSR count). The number of ether oxygens (including phenoxy) is 1. The molecule has 2 aromatic heterocycles. The lowest BCUT2D eigenvalue weighted by Gasteiger charge is -2.41. The number of carbonyl (C=O) groups excluding carboxylic acids is 4. The molecule has 1 atom stereocenters. The van der Waals surface area contributed by atoms with Crippen molar-refractivity contribution in [3.05, 3.63) is 59.8 Å². The van der Waals surface area contributed by atoms with Crippen molar-refractivity contribution >= 4 is 41.1 Å². The Balaban J connectivity index is 0.754. The quantitative estimate of drug-likeness (QED) is 0.210. The molecule has 5 aliphatic rings. The highest BCUT2D eigenvalue weighted by atomic mass is 19.1. The first kappa shape index (κ1) is 39.7. The van der Waals surface area contributed by atoms with Crippen molar-refractivity contribution in [2.45, 2.75) is 107 Å². The Morgan fingerprint density at radius 2 is 1.60 bits per heavy atom. The second-order valence-electron chi connectivity index (χ2n) is 16.3. The van der Waals surface area contributed by atoms with Gasteiger partial charge in [0.2, 0.25) is 23.7 Å². The minimum absolute atomic E-state index is 0.0183. The smallest absolute Gasteiger partial charge is 0.254 e. The number of hydrogen-bond acceptors (Lipinski definition) is 11. The van der Waals surface area contributed by atoms with Crippen LogP contribution in [-0.2, 0) is 23.9 Å². The highest BCUT2D eigenvalue weighted by Gasteiger charge is 2.33. The van der Waals surface area contributed by atoms with Crippen LogP contribution in [0.3, 0.4) is 0 Å². The van der Waals surface area contributed by atoms with Gasteiger partial charge in [-0.1, -0.05) is 12.1 Å². The fourth-order valence-electron chi connectivity index (χ4n) is 9.22. The Morgan fingerprint density at radius 1 is 0.828 bits per heavy atom. The van der Waals surface area contributed by atoms with E-state index in [1.165, 1.54) is 11.0 Å². The van der Waals surface area contributed by atoms with Crippen LogP contribution in [0.15, 0.2) is 42.6 Å². The third-order valence-electron chi connectivity index (χ3n) is 12.5. The average molecular weight is 800 g/mol. The lowest BCUT2D eigenvalue weighted by Crippen LogP contribution is -2.47. The van der Waals surface area contributed by atoms with Crippen LogP contribution < -0.4 is 26.2 Å². The summed E-state index contributed by atoms with van der Waals surface area (Å²) in [6, 6.07) is 10.3. The van der Waals surface area contributed by atoms with Gasteiger partial charge in [0, 0.05) is 36.2 Å². The minimum atomic E-state index is -0.610. The van der Waals surface area contributed by atoms with Gasteiger partial charge in [0.1, 0.15) is 30.0 Å². The van der Waals surface area contributed by atoms with Crippen LogP contribution in [0.4, 0.5) is 26.2 Å². The molecular weight excluding hydrogens is 749 g/mol. The van der Waals surface area contributed by atoms with Gasteiger partial charge in [0.25, 0.3) is 5.91 Å². The number of nitrogens with zero attached hydrogens (tertiary/aromatic N) is 5. The van der Waals surface area contributed by atoms with Crippen molar-refractivity contribution in [1.82, 2.24) is 30.5 Å². The summed E-state index contributed by atoms with van der Waals surface area (Å²) in [5.74, 6) is -0.832. The van der Waals surface area contributed by atoms with Gasteiger partial charge in [-0.2, -0.15) is 0 Å². The van der Waals surface area contributed by atoms with Crippen LogP contribution in [0.1, 0.15) is 88.5 Å². The Kier molecular flexibility index (Phi) is 12.2. The molecule has 58 heavy (non-hydrogen) atoms. The molecule has 3 aromatic rings. The second kappa shape index (κ2) is 17.8. The van der Waals surface area contributed by atoms with E-state index in [9.17, 15) is 23.6 Å². The number of piperidine rings is 2. The summed E-state index contributed by atoms with van der Waals surface area (Å²) in [5, 5.41) is 12.1. The number of rotatable bonds is 10. The Labute approximate surface area is 336 Å². The maximum absolute atomic E-state index is 15.3. The lowest BCUT2D eigenvalue weighted by atomic mass is 9.83. The van der Waals surface area contributed by atoms with E-state index in [0.717, 1.165) is 83.5 Å². The van der Waals surface area contributed by atoms with Crippen LogP contribution in [0.25, 0.3) is 11.4 Å². The molecule has 4 amide bonds. The first-order valence-corrected chi connectivity index (χ1v) is 20.8. The van der Waals surface area contributed by atoms with Crippen molar-refractivity contribution in [3.63, 3.8) is 0 Å². The Morgan fingerprint density at radius 3 is 2.34 bits per heavy atom. The summed E-state index contributed by atoms with van der Waals surface area (Å²) < 4.78 is 35.4. The van der Waals surface area contributed by atoms with E-state index < -0.39 is 11.9 Å². The second-order valence-corrected chi connectivity index (χ2v) is 16.3. The van der Waals surface area contributed by atoms with Gasteiger partial charge >= 0.3 is 0 Å². The molecule has 308 valence electrons. The molecular formula is C42H51F2N9O5. The van der Waals surface area contributed by atoms with E-state index >= 15 is 4.39 Å². The molecule has 2 aliphatic carbocycles. The highest BCUT2D eigenvalue weighted by molar-refractivity contribution is 6.01. The molecule has 3 saturated heterocycles. The van der Waals surface area contributed by atoms with Gasteiger partial charge in [-0.05, 0) is 119 Å². The first-order valence-electron chi connectivity index (χ1n) is 20.8.